The van der Waals surface area contributed by atoms with Gasteiger partial charge in [-0.05, 0) is 11.6 Å². The lowest BCUT2D eigenvalue weighted by molar-refractivity contribution is 0.122. The lowest BCUT2D eigenvalue weighted by Gasteiger charge is -2.28. The van der Waals surface area contributed by atoms with Gasteiger partial charge in [0, 0.05) is 32.5 Å². The first-order valence-electron chi connectivity index (χ1n) is 8.08. The minimum Gasteiger partial charge on any atom is -0.465 e. The van der Waals surface area contributed by atoms with Crippen LogP contribution < -0.4 is 9.80 Å². The molecule has 0 spiro atoms. The highest BCUT2D eigenvalue weighted by Crippen LogP contribution is 2.27. The first-order chi connectivity index (χ1) is 13.0. The van der Waals surface area contributed by atoms with Crippen molar-refractivity contribution in [3.8, 4) is 11.4 Å². The topological polar surface area (TPSA) is 133 Å². The summed E-state index contributed by atoms with van der Waals surface area (Å²) < 4.78 is 5.40. The number of nitrogens with zero attached hydrogens (tertiary/aromatic N) is 7. The quantitative estimate of drug-likeness (QED) is 0.636. The normalized spacial score (nSPS) is 14.5. The summed E-state index contributed by atoms with van der Waals surface area (Å²) in [6.07, 6.45) is 1.79. The Labute approximate surface area is 158 Å². The number of anilines is 2. The number of morpholine rings is 1. The fourth-order valence-corrected chi connectivity index (χ4v) is 2.86. The molecule has 12 heteroatoms. The number of aromatic amines is 1. The molecule has 140 valence electrons. The molecule has 1 saturated heterocycles. The predicted octanol–water partition coefficient (Wildman–Crippen LogP) is 1.41. The highest BCUT2D eigenvalue weighted by molar-refractivity contribution is 6.29. The fourth-order valence-electron chi connectivity index (χ4n) is 2.68. The molecule has 0 radical (unpaired) electrons. The average molecular weight is 391 g/mol. The average Bonchev–Trinajstić information content (AvgIpc) is 3.07. The van der Waals surface area contributed by atoms with Gasteiger partial charge in [0.2, 0.25) is 11.2 Å². The molecular formula is C15H15ClN8O3. The Morgan fingerprint density at radius 2 is 1.96 bits per heavy atom. The summed E-state index contributed by atoms with van der Waals surface area (Å²) in [6, 6.07) is 0. The molecule has 27 heavy (non-hydrogen) atoms. The van der Waals surface area contributed by atoms with Gasteiger partial charge in [-0.2, -0.15) is 4.98 Å². The fraction of sp³-hybridized carbons (Fsp3) is 0.333. The Bertz CT molecular complexity index is 987. The smallest absolute Gasteiger partial charge is 0.413 e. The van der Waals surface area contributed by atoms with Crippen LogP contribution in [0.2, 0.25) is 5.28 Å². The van der Waals surface area contributed by atoms with Crippen molar-refractivity contribution in [1.82, 2.24) is 29.9 Å². The third-order valence-corrected chi connectivity index (χ3v) is 4.28. The van der Waals surface area contributed by atoms with Crippen LogP contribution >= 0.6 is 11.6 Å². The number of fused-ring (bicyclic) bond motifs is 1. The highest BCUT2D eigenvalue weighted by Gasteiger charge is 2.21. The van der Waals surface area contributed by atoms with Crippen molar-refractivity contribution in [2.24, 2.45) is 0 Å². The minimum absolute atomic E-state index is 0.0588. The standard InChI is InChI=1S/C15H15ClN8O3/c1-23(15(25)26)14-17-6-8(7-18-14)10-20-11-9(19-13(16)22-11)12(21-10)24-2-4-27-5-3-24/h6-7H,2-5H2,1H3,(H,25,26)(H,19,20,21,22). The number of imidazole rings is 1. The molecule has 0 bridgehead atoms. The van der Waals surface area contributed by atoms with E-state index in [9.17, 15) is 4.79 Å². The second-order valence-electron chi connectivity index (χ2n) is 5.81. The Kier molecular flexibility index (Phi) is 4.46. The third-order valence-electron chi connectivity index (χ3n) is 4.10. The number of carbonyl (C=O) groups is 1. The second kappa shape index (κ2) is 6.93. The monoisotopic (exact) mass is 390 g/mol. The maximum absolute atomic E-state index is 11.0. The van der Waals surface area contributed by atoms with Gasteiger partial charge in [-0.3, -0.25) is 0 Å². The molecule has 1 aliphatic rings. The number of hydrogen-bond donors (Lipinski definition) is 2. The number of amides is 1. The van der Waals surface area contributed by atoms with Crippen LogP contribution in [0, 0.1) is 0 Å². The van der Waals surface area contributed by atoms with Gasteiger partial charge in [-0.25, -0.2) is 29.6 Å². The number of aromatic nitrogens is 6. The Morgan fingerprint density at radius 1 is 1.26 bits per heavy atom. The summed E-state index contributed by atoms with van der Waals surface area (Å²) in [5, 5.41) is 9.23. The summed E-state index contributed by atoms with van der Waals surface area (Å²) in [6.45, 7) is 2.56. The Balaban J connectivity index is 1.76. The summed E-state index contributed by atoms with van der Waals surface area (Å²) in [5.74, 6) is 1.10. The van der Waals surface area contributed by atoms with Crippen LogP contribution in [0.1, 0.15) is 0 Å². The largest absolute Gasteiger partial charge is 0.465 e. The lowest BCUT2D eigenvalue weighted by Crippen LogP contribution is -2.37. The number of H-pyrrole nitrogens is 1. The van der Waals surface area contributed by atoms with Crippen molar-refractivity contribution >= 4 is 40.6 Å². The zero-order valence-corrected chi connectivity index (χ0v) is 15.0. The predicted molar refractivity (Wildman–Crippen MR) is 97.2 cm³/mol. The van der Waals surface area contributed by atoms with Gasteiger partial charge in [-0.15, -0.1) is 0 Å². The molecule has 2 N–H and O–H groups in total. The SMILES string of the molecule is CN(C(=O)O)c1ncc(-c2nc(N3CCOCC3)c3[nH]c(Cl)nc3n2)cn1. The van der Waals surface area contributed by atoms with Crippen LogP contribution in [-0.2, 0) is 4.74 Å². The molecule has 0 aromatic carbocycles. The first-order valence-corrected chi connectivity index (χ1v) is 8.46. The van der Waals surface area contributed by atoms with Gasteiger partial charge in [0.15, 0.2) is 17.3 Å². The summed E-state index contributed by atoms with van der Waals surface area (Å²) in [5.41, 5.74) is 1.61. The van der Waals surface area contributed by atoms with Crippen LogP contribution in [0.5, 0.6) is 0 Å². The molecule has 1 amide bonds. The van der Waals surface area contributed by atoms with Crippen molar-refractivity contribution in [1.29, 1.82) is 0 Å². The first kappa shape index (κ1) is 17.4. The van der Waals surface area contributed by atoms with E-state index in [1.54, 1.807) is 0 Å². The number of carboxylic acid groups (broad SMARTS) is 1. The zero-order valence-electron chi connectivity index (χ0n) is 14.3. The van der Waals surface area contributed by atoms with Gasteiger partial charge in [0.25, 0.3) is 0 Å². The molecule has 1 aliphatic heterocycles. The van der Waals surface area contributed by atoms with Crippen molar-refractivity contribution in [2.45, 2.75) is 0 Å². The molecule has 3 aromatic heterocycles. The van der Waals surface area contributed by atoms with Crippen molar-refractivity contribution in [2.75, 3.05) is 43.2 Å². The van der Waals surface area contributed by atoms with Crippen LogP contribution in [-0.4, -0.2) is 74.5 Å². The van der Waals surface area contributed by atoms with E-state index in [-0.39, 0.29) is 11.2 Å². The van der Waals surface area contributed by atoms with E-state index in [0.717, 1.165) is 4.90 Å². The van der Waals surface area contributed by atoms with Crippen LogP contribution in [0.15, 0.2) is 12.4 Å². The van der Waals surface area contributed by atoms with Crippen molar-refractivity contribution in [3.05, 3.63) is 17.7 Å². The third kappa shape index (κ3) is 3.34. The van der Waals surface area contributed by atoms with E-state index in [1.807, 2.05) is 0 Å². The van der Waals surface area contributed by atoms with Crippen LogP contribution in [0.25, 0.3) is 22.6 Å². The molecule has 4 rings (SSSR count). The van der Waals surface area contributed by atoms with Crippen molar-refractivity contribution in [3.63, 3.8) is 0 Å². The van der Waals surface area contributed by atoms with Gasteiger partial charge in [-0.1, -0.05) is 0 Å². The maximum Gasteiger partial charge on any atom is 0.413 e. The molecule has 0 unspecified atom stereocenters. The number of halogens is 1. The van der Waals surface area contributed by atoms with E-state index in [2.05, 4.69) is 34.8 Å². The molecule has 1 fully saturated rings. The number of rotatable bonds is 3. The molecule has 11 nitrogen and oxygen atoms in total. The zero-order chi connectivity index (χ0) is 19.0. The van der Waals surface area contributed by atoms with Gasteiger partial charge >= 0.3 is 6.09 Å². The van der Waals surface area contributed by atoms with Gasteiger partial charge in [0.05, 0.1) is 18.8 Å². The Hall–Kier alpha value is -3.05. The van der Waals surface area contributed by atoms with Gasteiger partial charge in [0.1, 0.15) is 5.52 Å². The Morgan fingerprint density at radius 3 is 2.63 bits per heavy atom. The molecule has 0 atom stereocenters. The van der Waals surface area contributed by atoms with Crippen LogP contribution in [0.3, 0.4) is 0 Å². The number of ether oxygens (including phenoxy) is 1. The van der Waals surface area contributed by atoms with E-state index in [0.29, 0.717) is 54.7 Å². The molecule has 3 aromatic rings. The number of hydrogen-bond acceptors (Lipinski definition) is 8. The summed E-state index contributed by atoms with van der Waals surface area (Å²) in [4.78, 5) is 38.4. The maximum atomic E-state index is 11.0. The second-order valence-corrected chi connectivity index (χ2v) is 6.17. The van der Waals surface area contributed by atoms with Crippen LogP contribution in [0.4, 0.5) is 16.6 Å². The molecule has 4 heterocycles. The summed E-state index contributed by atoms with van der Waals surface area (Å²) >= 11 is 6.01. The van der Waals surface area contributed by atoms with E-state index in [4.69, 9.17) is 21.4 Å². The molecule has 0 saturated carbocycles. The van der Waals surface area contributed by atoms with E-state index >= 15 is 0 Å². The lowest BCUT2D eigenvalue weighted by atomic mass is 10.3. The van der Waals surface area contributed by atoms with Crippen molar-refractivity contribution < 1.29 is 14.6 Å². The van der Waals surface area contributed by atoms with E-state index in [1.165, 1.54) is 19.4 Å². The highest BCUT2D eigenvalue weighted by atomic mass is 35.5. The van der Waals surface area contributed by atoms with E-state index < -0.39 is 6.09 Å². The molecular weight excluding hydrogens is 376 g/mol. The van der Waals surface area contributed by atoms with Gasteiger partial charge < -0.3 is 19.7 Å². The number of nitrogens with one attached hydrogen (secondary N) is 1. The minimum atomic E-state index is -1.15. The summed E-state index contributed by atoms with van der Waals surface area (Å²) in [7, 11) is 1.36. The molecule has 0 aliphatic carbocycles.